The number of nitrogens with two attached hydrogens (primary N) is 1. The van der Waals surface area contributed by atoms with Crippen LogP contribution >= 0.6 is 0 Å². The molecular formula is C16H20N2O2. The van der Waals surface area contributed by atoms with E-state index < -0.39 is 0 Å². The standard InChI is InChI=1S/C16H20N2O2/c1-19-15-9-5-6-13(12-15)16(18-17)10-11-20-14-7-3-2-4-8-14/h2-9,12,16,18H,10-11,17H2,1H3. The summed E-state index contributed by atoms with van der Waals surface area (Å²) in [6.45, 7) is 0.593. The number of para-hydroxylation sites is 1. The monoisotopic (exact) mass is 272 g/mol. The topological polar surface area (TPSA) is 56.5 Å². The molecule has 0 saturated heterocycles. The van der Waals surface area contributed by atoms with Gasteiger partial charge in [0.2, 0.25) is 0 Å². The van der Waals surface area contributed by atoms with Crippen LogP contribution in [0.4, 0.5) is 0 Å². The Kier molecular flexibility index (Phi) is 5.41. The van der Waals surface area contributed by atoms with E-state index in [9.17, 15) is 0 Å². The van der Waals surface area contributed by atoms with Gasteiger partial charge in [-0.25, -0.2) is 0 Å². The Bertz CT molecular complexity index is 517. The van der Waals surface area contributed by atoms with Crippen LogP contribution in [-0.2, 0) is 0 Å². The second-order valence-electron chi connectivity index (χ2n) is 4.45. The Morgan fingerprint density at radius 1 is 1.05 bits per heavy atom. The number of hydrogen-bond acceptors (Lipinski definition) is 4. The number of rotatable bonds is 7. The number of benzene rings is 2. The molecule has 0 saturated carbocycles. The van der Waals surface area contributed by atoms with Crippen molar-refractivity contribution in [1.29, 1.82) is 0 Å². The first-order chi connectivity index (χ1) is 9.83. The number of hydrogen-bond donors (Lipinski definition) is 2. The molecule has 1 atom stereocenters. The average molecular weight is 272 g/mol. The average Bonchev–Trinajstić information content (AvgIpc) is 2.52. The van der Waals surface area contributed by atoms with Crippen LogP contribution in [-0.4, -0.2) is 13.7 Å². The summed E-state index contributed by atoms with van der Waals surface area (Å²) >= 11 is 0. The van der Waals surface area contributed by atoms with E-state index in [1.807, 2.05) is 54.6 Å². The van der Waals surface area contributed by atoms with Gasteiger partial charge in [-0.15, -0.1) is 0 Å². The normalized spacial score (nSPS) is 11.9. The first kappa shape index (κ1) is 14.4. The lowest BCUT2D eigenvalue weighted by atomic mass is 10.0. The van der Waals surface area contributed by atoms with Crippen molar-refractivity contribution in [3.8, 4) is 11.5 Å². The molecule has 1 unspecified atom stereocenters. The molecule has 2 aromatic carbocycles. The van der Waals surface area contributed by atoms with Crippen molar-refractivity contribution < 1.29 is 9.47 Å². The molecule has 4 heteroatoms. The van der Waals surface area contributed by atoms with Gasteiger partial charge in [-0.2, -0.15) is 0 Å². The molecule has 2 rings (SSSR count). The van der Waals surface area contributed by atoms with Crippen LogP contribution in [0.1, 0.15) is 18.0 Å². The van der Waals surface area contributed by atoms with E-state index in [2.05, 4.69) is 5.43 Å². The zero-order chi connectivity index (χ0) is 14.2. The quantitative estimate of drug-likeness (QED) is 0.601. The van der Waals surface area contributed by atoms with E-state index in [1.54, 1.807) is 7.11 Å². The summed E-state index contributed by atoms with van der Waals surface area (Å²) in [6, 6.07) is 17.7. The Labute approximate surface area is 119 Å². The summed E-state index contributed by atoms with van der Waals surface area (Å²) in [4.78, 5) is 0. The van der Waals surface area contributed by atoms with Gasteiger partial charge in [0.05, 0.1) is 13.7 Å². The second-order valence-corrected chi connectivity index (χ2v) is 4.45. The summed E-state index contributed by atoms with van der Waals surface area (Å²) in [6.07, 6.45) is 0.776. The molecule has 0 aliphatic rings. The van der Waals surface area contributed by atoms with E-state index in [0.717, 1.165) is 23.5 Å². The molecule has 3 N–H and O–H groups in total. The lowest BCUT2D eigenvalue weighted by molar-refractivity contribution is 0.287. The Hall–Kier alpha value is -2.04. The molecular weight excluding hydrogens is 252 g/mol. The van der Waals surface area contributed by atoms with Gasteiger partial charge in [0, 0.05) is 12.5 Å². The largest absolute Gasteiger partial charge is 0.497 e. The molecule has 0 radical (unpaired) electrons. The zero-order valence-electron chi connectivity index (χ0n) is 11.6. The third kappa shape index (κ3) is 3.98. The molecule has 0 aliphatic carbocycles. The van der Waals surface area contributed by atoms with Gasteiger partial charge < -0.3 is 9.47 Å². The van der Waals surface area contributed by atoms with Crippen LogP contribution in [0.15, 0.2) is 54.6 Å². The molecule has 0 bridgehead atoms. The van der Waals surface area contributed by atoms with Gasteiger partial charge in [-0.3, -0.25) is 11.3 Å². The Morgan fingerprint density at radius 3 is 2.50 bits per heavy atom. The second kappa shape index (κ2) is 7.53. The van der Waals surface area contributed by atoms with Crippen LogP contribution in [0, 0.1) is 0 Å². The smallest absolute Gasteiger partial charge is 0.119 e. The van der Waals surface area contributed by atoms with Crippen molar-refractivity contribution in [2.24, 2.45) is 5.84 Å². The van der Waals surface area contributed by atoms with Crippen molar-refractivity contribution in [2.75, 3.05) is 13.7 Å². The number of methoxy groups -OCH3 is 1. The summed E-state index contributed by atoms with van der Waals surface area (Å²) < 4.78 is 10.9. The summed E-state index contributed by atoms with van der Waals surface area (Å²) in [5.41, 5.74) is 3.91. The highest BCUT2D eigenvalue weighted by molar-refractivity contribution is 5.30. The highest BCUT2D eigenvalue weighted by atomic mass is 16.5. The number of ether oxygens (including phenoxy) is 2. The molecule has 0 fully saturated rings. The molecule has 0 aromatic heterocycles. The molecule has 20 heavy (non-hydrogen) atoms. The predicted molar refractivity (Wildman–Crippen MR) is 79.6 cm³/mol. The molecule has 0 spiro atoms. The molecule has 4 nitrogen and oxygen atoms in total. The van der Waals surface area contributed by atoms with E-state index in [-0.39, 0.29) is 6.04 Å². The molecule has 106 valence electrons. The summed E-state index contributed by atoms with van der Waals surface area (Å²) in [7, 11) is 1.66. The van der Waals surface area contributed by atoms with Gasteiger partial charge in [-0.1, -0.05) is 30.3 Å². The maximum absolute atomic E-state index is 5.69. The lowest BCUT2D eigenvalue weighted by Crippen LogP contribution is -2.29. The van der Waals surface area contributed by atoms with Crippen molar-refractivity contribution in [1.82, 2.24) is 5.43 Å². The van der Waals surface area contributed by atoms with E-state index in [4.69, 9.17) is 15.3 Å². The molecule has 0 aliphatic heterocycles. The fourth-order valence-electron chi connectivity index (χ4n) is 2.02. The lowest BCUT2D eigenvalue weighted by Gasteiger charge is -2.17. The van der Waals surface area contributed by atoms with Crippen molar-refractivity contribution >= 4 is 0 Å². The van der Waals surface area contributed by atoms with Crippen LogP contribution < -0.4 is 20.7 Å². The molecule has 0 heterocycles. The first-order valence-corrected chi connectivity index (χ1v) is 6.61. The Morgan fingerprint density at radius 2 is 1.80 bits per heavy atom. The minimum atomic E-state index is 0.0359. The van der Waals surface area contributed by atoms with Crippen molar-refractivity contribution in [3.05, 3.63) is 60.2 Å². The highest BCUT2D eigenvalue weighted by Crippen LogP contribution is 2.21. The van der Waals surface area contributed by atoms with Gasteiger partial charge in [-0.05, 0) is 29.8 Å². The number of nitrogens with one attached hydrogen (secondary N) is 1. The minimum Gasteiger partial charge on any atom is -0.497 e. The number of hydrazine groups is 1. The van der Waals surface area contributed by atoms with Crippen molar-refractivity contribution in [2.45, 2.75) is 12.5 Å². The van der Waals surface area contributed by atoms with Gasteiger partial charge in [0.15, 0.2) is 0 Å². The minimum absolute atomic E-state index is 0.0359. The highest BCUT2D eigenvalue weighted by Gasteiger charge is 2.10. The van der Waals surface area contributed by atoms with Gasteiger partial charge in [0.1, 0.15) is 11.5 Å². The zero-order valence-corrected chi connectivity index (χ0v) is 11.6. The fourth-order valence-corrected chi connectivity index (χ4v) is 2.02. The van der Waals surface area contributed by atoms with Crippen LogP contribution in [0.3, 0.4) is 0 Å². The summed E-state index contributed by atoms with van der Waals surface area (Å²) in [5, 5.41) is 0. The molecule has 2 aromatic rings. The maximum Gasteiger partial charge on any atom is 0.119 e. The van der Waals surface area contributed by atoms with E-state index in [0.29, 0.717) is 6.61 Å². The SMILES string of the molecule is COc1cccc(C(CCOc2ccccc2)NN)c1. The van der Waals surface area contributed by atoms with Crippen LogP contribution in [0.5, 0.6) is 11.5 Å². The van der Waals surface area contributed by atoms with Crippen molar-refractivity contribution in [3.63, 3.8) is 0 Å². The van der Waals surface area contributed by atoms with Gasteiger partial charge in [0.25, 0.3) is 0 Å². The molecule has 0 amide bonds. The fraction of sp³-hybridized carbons (Fsp3) is 0.250. The Balaban J connectivity index is 1.91. The third-order valence-electron chi connectivity index (χ3n) is 3.12. The van der Waals surface area contributed by atoms with Crippen LogP contribution in [0.2, 0.25) is 0 Å². The van der Waals surface area contributed by atoms with Crippen LogP contribution in [0.25, 0.3) is 0 Å². The third-order valence-corrected chi connectivity index (χ3v) is 3.12. The summed E-state index contributed by atoms with van der Waals surface area (Å²) in [5.74, 6) is 7.32. The maximum atomic E-state index is 5.69. The van der Waals surface area contributed by atoms with E-state index in [1.165, 1.54) is 0 Å². The first-order valence-electron chi connectivity index (χ1n) is 6.61. The predicted octanol–water partition coefficient (Wildman–Crippen LogP) is 2.67. The van der Waals surface area contributed by atoms with Gasteiger partial charge >= 0.3 is 0 Å². The van der Waals surface area contributed by atoms with E-state index >= 15 is 0 Å².